The van der Waals surface area contributed by atoms with Gasteiger partial charge in [0.2, 0.25) is 13.3 Å². The highest BCUT2D eigenvalue weighted by Gasteiger charge is 2.22. The summed E-state index contributed by atoms with van der Waals surface area (Å²) in [5.41, 5.74) is 0. The molecule has 0 atom stereocenters. The molecule has 0 spiro atoms. The van der Waals surface area contributed by atoms with Gasteiger partial charge in [-0.3, -0.25) is 0 Å². The summed E-state index contributed by atoms with van der Waals surface area (Å²) in [5.74, 6) is 0. The number of hydrazone groups is 2. The molecule has 2 rings (SSSR count). The molecule has 116 valence electrons. The lowest BCUT2D eigenvalue weighted by Gasteiger charge is -2.21. The summed E-state index contributed by atoms with van der Waals surface area (Å²) >= 11 is 0. The lowest BCUT2D eigenvalue weighted by atomic mass is 10.2. The van der Waals surface area contributed by atoms with Crippen LogP contribution in [0.15, 0.2) is 10.2 Å². The summed E-state index contributed by atoms with van der Waals surface area (Å²) in [7, 11) is 0. The Kier molecular flexibility index (Phi) is 6.63. The Morgan fingerprint density at radius 2 is 1.24 bits per heavy atom. The number of hydrogen-bond donors (Lipinski definition) is 0. The van der Waals surface area contributed by atoms with Crippen LogP contribution in [-0.2, 0) is 0 Å². The third kappa shape index (κ3) is 5.44. The molecule has 0 saturated heterocycles. The molecular formula is C15H26N6. The molecule has 6 heteroatoms. The van der Waals surface area contributed by atoms with Gasteiger partial charge in [0.1, 0.15) is 19.3 Å². The summed E-state index contributed by atoms with van der Waals surface area (Å²) in [6, 6.07) is 0. The number of nitrogens with zero attached hydrogens (tertiary/aromatic N) is 6. The van der Waals surface area contributed by atoms with Crippen molar-refractivity contribution in [3.05, 3.63) is 13.3 Å². The van der Waals surface area contributed by atoms with Gasteiger partial charge in [0.15, 0.2) is 0 Å². The second-order valence-electron chi connectivity index (χ2n) is 5.40. The van der Waals surface area contributed by atoms with Gasteiger partial charge >= 0.3 is 0 Å². The highest BCUT2D eigenvalue weighted by molar-refractivity contribution is 5.58. The molecule has 0 unspecified atom stereocenters. The number of hydrogen-bond acceptors (Lipinski definition) is 6. The van der Waals surface area contributed by atoms with Crippen LogP contribution in [0, 0.1) is 13.3 Å². The normalized spacial score (nSPS) is 17.6. The van der Waals surface area contributed by atoms with Crippen LogP contribution >= 0.6 is 0 Å². The lowest BCUT2D eigenvalue weighted by Crippen LogP contribution is -2.31. The van der Waals surface area contributed by atoms with Crippen molar-refractivity contribution in [2.75, 3.05) is 19.8 Å². The molecule has 0 aliphatic carbocycles. The third-order valence-corrected chi connectivity index (χ3v) is 3.42. The molecule has 0 aromatic rings. The maximum absolute atomic E-state index is 4.31. The van der Waals surface area contributed by atoms with E-state index in [9.17, 15) is 0 Å². The zero-order valence-corrected chi connectivity index (χ0v) is 13.2. The van der Waals surface area contributed by atoms with Crippen LogP contribution in [0.4, 0.5) is 0 Å². The zero-order chi connectivity index (χ0) is 14.9. The van der Waals surface area contributed by atoms with E-state index >= 15 is 0 Å². The van der Waals surface area contributed by atoms with Gasteiger partial charge in [-0.2, -0.15) is 10.2 Å². The predicted molar refractivity (Wildman–Crippen MR) is 84.5 cm³/mol. The van der Waals surface area contributed by atoms with Crippen LogP contribution in [0.5, 0.6) is 0 Å². The van der Waals surface area contributed by atoms with Gasteiger partial charge in [-0.1, -0.05) is 39.5 Å². The molecule has 4 radical (unpaired) electrons. The molecule has 0 aromatic carbocycles. The summed E-state index contributed by atoms with van der Waals surface area (Å²) in [6.07, 6.45) is 11.0. The van der Waals surface area contributed by atoms with Crippen molar-refractivity contribution in [3.8, 4) is 0 Å². The number of rotatable bonds is 10. The Morgan fingerprint density at radius 1 is 0.762 bits per heavy atom. The van der Waals surface area contributed by atoms with Gasteiger partial charge in [-0.05, 0) is 12.8 Å². The highest BCUT2D eigenvalue weighted by atomic mass is 15.7. The van der Waals surface area contributed by atoms with Crippen LogP contribution in [0.2, 0.25) is 0 Å². The van der Waals surface area contributed by atoms with Crippen LogP contribution in [0.1, 0.15) is 52.4 Å². The number of unbranched alkanes of at least 4 members (excludes halogenated alkanes) is 4. The molecule has 21 heavy (non-hydrogen) atoms. The van der Waals surface area contributed by atoms with Crippen LogP contribution in [0.25, 0.3) is 0 Å². The smallest absolute Gasteiger partial charge is 0.228 e. The molecule has 0 N–H and O–H groups in total. The Bertz CT molecular complexity index is 311. The van der Waals surface area contributed by atoms with Gasteiger partial charge in [-0.25, -0.2) is 10.0 Å². The first-order valence-corrected chi connectivity index (χ1v) is 8.01. The highest BCUT2D eigenvalue weighted by Crippen LogP contribution is 2.14. The lowest BCUT2D eigenvalue weighted by molar-refractivity contribution is 0.171. The molecular weight excluding hydrogens is 264 g/mol. The predicted octanol–water partition coefficient (Wildman–Crippen LogP) is 2.44. The van der Waals surface area contributed by atoms with E-state index in [1.54, 1.807) is 10.0 Å². The summed E-state index contributed by atoms with van der Waals surface area (Å²) in [6.45, 7) is 13.4. The minimum atomic E-state index is 0.557. The Balaban J connectivity index is 1.59. The standard InChI is InChI=1S/C15H26N6/c1-3-5-7-9-18-11-16-20(13-18)15-21-14-19(12-17-21)10-8-6-4-2/h11-12H,3-10,15H2,1-2H3. The first-order valence-electron chi connectivity index (χ1n) is 8.01. The topological polar surface area (TPSA) is 37.7 Å². The van der Waals surface area contributed by atoms with Crippen molar-refractivity contribution in [2.45, 2.75) is 52.4 Å². The van der Waals surface area contributed by atoms with E-state index < -0.39 is 0 Å². The van der Waals surface area contributed by atoms with Gasteiger partial charge < -0.3 is 9.80 Å². The van der Waals surface area contributed by atoms with Crippen LogP contribution in [0.3, 0.4) is 0 Å². The van der Waals surface area contributed by atoms with Gasteiger partial charge in [0, 0.05) is 13.1 Å². The average Bonchev–Trinajstić information content (AvgIpc) is 3.10. The van der Waals surface area contributed by atoms with E-state index in [1.165, 1.54) is 38.5 Å². The van der Waals surface area contributed by atoms with E-state index in [2.05, 4.69) is 37.4 Å². The SMILES string of the molecule is CCCCCN1[C]N(CN2[C]N(CCCCC)C=N2)N=C1. The fraction of sp³-hybridized carbons (Fsp3) is 0.733. The first kappa shape index (κ1) is 15.9. The third-order valence-electron chi connectivity index (χ3n) is 3.42. The van der Waals surface area contributed by atoms with Crippen LogP contribution < -0.4 is 0 Å². The van der Waals surface area contributed by atoms with Gasteiger partial charge in [0.05, 0.1) is 0 Å². The monoisotopic (exact) mass is 290 g/mol. The molecule has 0 fully saturated rings. The zero-order valence-electron chi connectivity index (χ0n) is 13.2. The van der Waals surface area contributed by atoms with Crippen molar-refractivity contribution in [1.82, 2.24) is 19.8 Å². The fourth-order valence-electron chi connectivity index (χ4n) is 2.19. The van der Waals surface area contributed by atoms with Crippen molar-refractivity contribution in [3.63, 3.8) is 0 Å². The molecule has 2 heterocycles. The molecule has 2 aliphatic heterocycles. The molecule has 6 nitrogen and oxygen atoms in total. The van der Waals surface area contributed by atoms with Gasteiger partial charge in [0.25, 0.3) is 0 Å². The quantitative estimate of drug-likeness (QED) is 0.579. The molecule has 0 saturated carbocycles. The van der Waals surface area contributed by atoms with Crippen molar-refractivity contribution in [1.29, 1.82) is 0 Å². The fourth-order valence-corrected chi connectivity index (χ4v) is 2.19. The van der Waals surface area contributed by atoms with Crippen LogP contribution in [-0.4, -0.2) is 52.3 Å². The van der Waals surface area contributed by atoms with Gasteiger partial charge in [-0.15, -0.1) is 0 Å². The molecule has 0 aromatic heterocycles. The minimum absolute atomic E-state index is 0.557. The minimum Gasteiger partial charge on any atom is -0.329 e. The van der Waals surface area contributed by atoms with Crippen molar-refractivity contribution >= 4 is 12.7 Å². The van der Waals surface area contributed by atoms with E-state index in [-0.39, 0.29) is 0 Å². The van der Waals surface area contributed by atoms with E-state index in [4.69, 9.17) is 0 Å². The second kappa shape index (κ2) is 8.74. The maximum atomic E-state index is 4.31. The Hall–Kier alpha value is -1.46. The summed E-state index contributed by atoms with van der Waals surface area (Å²) in [4.78, 5) is 4.02. The second-order valence-corrected chi connectivity index (χ2v) is 5.40. The average molecular weight is 290 g/mol. The van der Waals surface area contributed by atoms with E-state index in [0.29, 0.717) is 6.67 Å². The summed E-state index contributed by atoms with van der Waals surface area (Å²) < 4.78 is 0. The Morgan fingerprint density at radius 3 is 1.67 bits per heavy atom. The molecule has 0 amide bonds. The van der Waals surface area contributed by atoms with E-state index in [1.807, 2.05) is 22.5 Å². The summed E-state index contributed by atoms with van der Waals surface area (Å²) in [5, 5.41) is 12.2. The molecule has 2 aliphatic rings. The Labute approximate surface area is 129 Å². The van der Waals surface area contributed by atoms with Crippen molar-refractivity contribution < 1.29 is 0 Å². The van der Waals surface area contributed by atoms with E-state index in [0.717, 1.165) is 13.1 Å². The first-order chi connectivity index (χ1) is 10.3. The largest absolute Gasteiger partial charge is 0.329 e. The molecule has 0 bridgehead atoms. The van der Waals surface area contributed by atoms with Crippen molar-refractivity contribution in [2.24, 2.45) is 10.2 Å². The maximum Gasteiger partial charge on any atom is 0.228 e.